The zero-order valence-corrected chi connectivity index (χ0v) is 16.0. The van der Waals surface area contributed by atoms with Gasteiger partial charge in [0.05, 0.1) is 12.7 Å². The van der Waals surface area contributed by atoms with E-state index in [9.17, 15) is 14.4 Å². The Balaban J connectivity index is 2.18. The summed E-state index contributed by atoms with van der Waals surface area (Å²) < 4.78 is 4.66. The Bertz CT molecular complexity index is 844. The van der Waals surface area contributed by atoms with Crippen LogP contribution in [0.2, 0.25) is 0 Å². The molecular weight excluding hydrogens is 344 g/mol. The molecule has 6 heteroatoms. The number of benzene rings is 2. The first-order chi connectivity index (χ1) is 12.9. The van der Waals surface area contributed by atoms with E-state index in [4.69, 9.17) is 0 Å². The molecule has 0 fully saturated rings. The van der Waals surface area contributed by atoms with Gasteiger partial charge in [0, 0.05) is 18.3 Å². The van der Waals surface area contributed by atoms with Crippen LogP contribution in [0, 0.1) is 6.92 Å². The summed E-state index contributed by atoms with van der Waals surface area (Å²) in [6, 6.07) is 12.2. The van der Waals surface area contributed by atoms with Crippen LogP contribution in [0.1, 0.15) is 35.3 Å². The molecule has 0 aromatic heterocycles. The van der Waals surface area contributed by atoms with Crippen LogP contribution in [-0.2, 0) is 20.7 Å². The molecule has 0 aliphatic carbocycles. The van der Waals surface area contributed by atoms with E-state index in [0.29, 0.717) is 11.3 Å². The van der Waals surface area contributed by atoms with Gasteiger partial charge in [0.1, 0.15) is 6.54 Å². The normalized spacial score (nSPS) is 10.2. The highest BCUT2D eigenvalue weighted by atomic mass is 16.5. The molecular formula is C21H24N2O4. The zero-order valence-electron chi connectivity index (χ0n) is 16.0. The minimum absolute atomic E-state index is 0.121. The molecule has 6 nitrogen and oxygen atoms in total. The van der Waals surface area contributed by atoms with Crippen molar-refractivity contribution in [3.8, 4) is 0 Å². The van der Waals surface area contributed by atoms with Crippen molar-refractivity contribution >= 4 is 29.2 Å². The van der Waals surface area contributed by atoms with Gasteiger partial charge in [0.25, 0.3) is 0 Å². The van der Waals surface area contributed by atoms with Crippen molar-refractivity contribution in [3.63, 3.8) is 0 Å². The second kappa shape index (κ2) is 8.98. The monoisotopic (exact) mass is 368 g/mol. The molecule has 2 rings (SSSR count). The number of aryl methyl sites for hydroxylation is 2. The average molecular weight is 368 g/mol. The van der Waals surface area contributed by atoms with Gasteiger partial charge in [-0.2, -0.15) is 0 Å². The molecule has 27 heavy (non-hydrogen) atoms. The fourth-order valence-corrected chi connectivity index (χ4v) is 2.80. The number of ether oxygens (including phenoxy) is 1. The second-order valence-corrected chi connectivity index (χ2v) is 6.15. The summed E-state index contributed by atoms with van der Waals surface area (Å²) in [5.41, 5.74) is 3.71. The number of para-hydroxylation sites is 1. The Morgan fingerprint density at radius 2 is 1.74 bits per heavy atom. The van der Waals surface area contributed by atoms with Crippen LogP contribution in [0.15, 0.2) is 42.5 Å². The molecule has 0 heterocycles. The first-order valence-corrected chi connectivity index (χ1v) is 8.72. The highest BCUT2D eigenvalue weighted by molar-refractivity contribution is 6.02. The minimum atomic E-state index is -0.458. The molecule has 0 spiro atoms. The van der Waals surface area contributed by atoms with Crippen LogP contribution in [-0.4, -0.2) is 31.4 Å². The molecule has 0 aliphatic heterocycles. The Labute approximate surface area is 159 Å². The van der Waals surface area contributed by atoms with Crippen LogP contribution in [0.25, 0.3) is 0 Å². The Hall–Kier alpha value is -3.15. The van der Waals surface area contributed by atoms with E-state index in [2.05, 4.69) is 10.1 Å². The maximum absolute atomic E-state index is 12.6. The zero-order chi connectivity index (χ0) is 20.0. The molecule has 0 atom stereocenters. The van der Waals surface area contributed by atoms with Crippen LogP contribution in [0.3, 0.4) is 0 Å². The summed E-state index contributed by atoms with van der Waals surface area (Å²) in [5, 5.41) is 2.92. The van der Waals surface area contributed by atoms with E-state index >= 15 is 0 Å². The number of methoxy groups -OCH3 is 1. The highest BCUT2D eigenvalue weighted by Crippen LogP contribution is 2.22. The van der Waals surface area contributed by atoms with Crippen molar-refractivity contribution in [1.29, 1.82) is 0 Å². The fourth-order valence-electron chi connectivity index (χ4n) is 2.80. The number of rotatable bonds is 6. The van der Waals surface area contributed by atoms with E-state index in [-0.39, 0.29) is 18.4 Å². The number of amides is 2. The second-order valence-electron chi connectivity index (χ2n) is 6.15. The number of hydrogen-bond acceptors (Lipinski definition) is 4. The predicted octanol–water partition coefficient (Wildman–Crippen LogP) is 3.34. The van der Waals surface area contributed by atoms with Crippen molar-refractivity contribution in [1.82, 2.24) is 0 Å². The van der Waals surface area contributed by atoms with E-state index in [1.54, 1.807) is 24.3 Å². The Kier molecular flexibility index (Phi) is 6.71. The van der Waals surface area contributed by atoms with Crippen LogP contribution >= 0.6 is 0 Å². The smallest absolute Gasteiger partial charge is 0.337 e. The Morgan fingerprint density at radius 1 is 1.07 bits per heavy atom. The van der Waals surface area contributed by atoms with Crippen LogP contribution in [0.5, 0.6) is 0 Å². The quantitative estimate of drug-likeness (QED) is 0.794. The number of carbonyl (C=O) groups is 3. The largest absolute Gasteiger partial charge is 0.465 e. The number of hydrogen-bond donors (Lipinski definition) is 1. The molecule has 2 aromatic carbocycles. The molecule has 0 radical (unpaired) electrons. The lowest BCUT2D eigenvalue weighted by Crippen LogP contribution is -2.37. The molecule has 0 bridgehead atoms. The van der Waals surface area contributed by atoms with Crippen molar-refractivity contribution in [2.24, 2.45) is 0 Å². The number of nitrogens with zero attached hydrogens (tertiary/aromatic N) is 1. The van der Waals surface area contributed by atoms with Crippen molar-refractivity contribution < 1.29 is 19.1 Å². The van der Waals surface area contributed by atoms with Gasteiger partial charge in [-0.05, 0) is 48.7 Å². The van der Waals surface area contributed by atoms with E-state index in [1.165, 1.54) is 18.9 Å². The maximum Gasteiger partial charge on any atom is 0.337 e. The van der Waals surface area contributed by atoms with Crippen molar-refractivity contribution in [2.75, 3.05) is 23.9 Å². The minimum Gasteiger partial charge on any atom is -0.465 e. The number of esters is 1. The van der Waals surface area contributed by atoms with Gasteiger partial charge in [0.2, 0.25) is 11.8 Å². The lowest BCUT2D eigenvalue weighted by atomic mass is 10.1. The third-order valence-corrected chi connectivity index (χ3v) is 4.29. The molecule has 0 saturated carbocycles. The van der Waals surface area contributed by atoms with Gasteiger partial charge >= 0.3 is 5.97 Å². The maximum atomic E-state index is 12.6. The van der Waals surface area contributed by atoms with Crippen molar-refractivity contribution in [2.45, 2.75) is 27.2 Å². The average Bonchev–Trinajstić information content (AvgIpc) is 2.67. The first kappa shape index (κ1) is 20.2. The molecule has 0 saturated heterocycles. The van der Waals surface area contributed by atoms with E-state index in [1.807, 2.05) is 32.0 Å². The summed E-state index contributed by atoms with van der Waals surface area (Å²) in [4.78, 5) is 37.5. The molecule has 142 valence electrons. The number of carbonyl (C=O) groups excluding carboxylic acids is 3. The lowest BCUT2D eigenvalue weighted by Gasteiger charge is -2.22. The van der Waals surface area contributed by atoms with Gasteiger partial charge in [-0.1, -0.05) is 25.1 Å². The van der Waals surface area contributed by atoms with Crippen LogP contribution < -0.4 is 10.2 Å². The highest BCUT2D eigenvalue weighted by Gasteiger charge is 2.18. The summed E-state index contributed by atoms with van der Waals surface area (Å²) in [5.74, 6) is -1.01. The summed E-state index contributed by atoms with van der Waals surface area (Å²) >= 11 is 0. The third-order valence-electron chi connectivity index (χ3n) is 4.29. The molecule has 0 unspecified atom stereocenters. The molecule has 0 aliphatic rings. The summed E-state index contributed by atoms with van der Waals surface area (Å²) in [6.45, 7) is 5.23. The van der Waals surface area contributed by atoms with Crippen LogP contribution in [0.4, 0.5) is 11.4 Å². The fraction of sp³-hybridized carbons (Fsp3) is 0.286. The van der Waals surface area contributed by atoms with Gasteiger partial charge in [0.15, 0.2) is 0 Å². The molecule has 2 aromatic rings. The van der Waals surface area contributed by atoms with Crippen molar-refractivity contribution in [3.05, 3.63) is 59.2 Å². The van der Waals surface area contributed by atoms with Gasteiger partial charge < -0.3 is 15.0 Å². The third kappa shape index (κ3) is 4.94. The van der Waals surface area contributed by atoms with Gasteiger partial charge in [-0.15, -0.1) is 0 Å². The Morgan fingerprint density at radius 3 is 2.30 bits per heavy atom. The number of anilines is 2. The van der Waals surface area contributed by atoms with Gasteiger partial charge in [-0.3, -0.25) is 9.59 Å². The van der Waals surface area contributed by atoms with E-state index < -0.39 is 5.97 Å². The topological polar surface area (TPSA) is 75.7 Å². The summed E-state index contributed by atoms with van der Waals surface area (Å²) in [7, 11) is 1.30. The predicted molar refractivity (Wildman–Crippen MR) is 105 cm³/mol. The SMILES string of the molecule is CCc1cccc(C)c1NC(=O)CN(C(C)=O)c1ccc(C(=O)OC)cc1. The standard InChI is InChI=1S/C21H24N2O4/c1-5-16-8-6-7-14(2)20(16)22-19(25)13-23(15(3)24)18-11-9-17(10-12-18)21(26)27-4/h6-12H,5,13H2,1-4H3,(H,22,25). The summed E-state index contributed by atoms with van der Waals surface area (Å²) in [6.07, 6.45) is 0.794. The molecule has 1 N–H and O–H groups in total. The first-order valence-electron chi connectivity index (χ1n) is 8.72. The lowest BCUT2D eigenvalue weighted by molar-refractivity contribution is -0.120. The molecule has 2 amide bonds. The number of nitrogens with one attached hydrogen (secondary N) is 1. The van der Waals surface area contributed by atoms with E-state index in [0.717, 1.165) is 23.2 Å². The van der Waals surface area contributed by atoms with Gasteiger partial charge in [-0.25, -0.2) is 4.79 Å².